The number of aromatic amines is 1. The van der Waals surface area contributed by atoms with Gasteiger partial charge in [0.25, 0.3) is 0 Å². The first-order valence-electron chi connectivity index (χ1n) is 12.0. The Kier molecular flexibility index (Phi) is 10.6. The molecule has 0 bridgehead atoms. The first kappa shape index (κ1) is 29.3. The largest absolute Gasteiger partial charge is 0.481 e. The van der Waals surface area contributed by atoms with Crippen molar-refractivity contribution in [2.45, 2.75) is 70.6 Å². The molecule has 8 N–H and O–H groups in total. The number of H-pyrrole nitrogens is 1. The third kappa shape index (κ3) is 8.90. The fourth-order valence-electron chi connectivity index (χ4n) is 3.81. The van der Waals surface area contributed by atoms with Crippen molar-refractivity contribution in [1.82, 2.24) is 20.9 Å². The van der Waals surface area contributed by atoms with Crippen LogP contribution in [0.3, 0.4) is 0 Å². The zero-order valence-corrected chi connectivity index (χ0v) is 21.1. The van der Waals surface area contributed by atoms with Crippen LogP contribution in [0.25, 0.3) is 10.9 Å². The molecule has 3 amide bonds. The fraction of sp³-hybridized carbons (Fsp3) is 0.480. The molecule has 0 fully saturated rings. The number of rotatable bonds is 14. The maximum Gasteiger partial charge on any atom is 0.325 e. The number of aliphatic carboxylic acids is 2. The van der Waals surface area contributed by atoms with E-state index in [2.05, 4.69) is 20.9 Å². The van der Waals surface area contributed by atoms with Crippen LogP contribution in [0.2, 0.25) is 0 Å². The van der Waals surface area contributed by atoms with Gasteiger partial charge in [0.15, 0.2) is 0 Å². The number of amides is 3. The Morgan fingerprint density at radius 3 is 2.16 bits per heavy atom. The van der Waals surface area contributed by atoms with Gasteiger partial charge in [-0.25, -0.2) is 0 Å². The van der Waals surface area contributed by atoms with Gasteiger partial charge in [0.2, 0.25) is 17.7 Å². The van der Waals surface area contributed by atoms with Crippen molar-refractivity contribution in [1.29, 1.82) is 0 Å². The van der Waals surface area contributed by atoms with Crippen LogP contribution in [0.5, 0.6) is 0 Å². The lowest BCUT2D eigenvalue weighted by atomic mass is 10.0. The number of carbonyl (C=O) groups excluding carboxylic acids is 3. The summed E-state index contributed by atoms with van der Waals surface area (Å²) in [6, 6.07) is 2.82. The van der Waals surface area contributed by atoms with Crippen molar-refractivity contribution < 1.29 is 34.2 Å². The van der Waals surface area contributed by atoms with Crippen molar-refractivity contribution in [2.24, 2.45) is 11.7 Å². The molecule has 1 aromatic heterocycles. The minimum Gasteiger partial charge on any atom is -0.481 e. The molecule has 0 aliphatic rings. The zero-order valence-electron chi connectivity index (χ0n) is 21.1. The fourth-order valence-corrected chi connectivity index (χ4v) is 3.81. The van der Waals surface area contributed by atoms with Crippen molar-refractivity contribution in [3.8, 4) is 0 Å². The summed E-state index contributed by atoms with van der Waals surface area (Å²) in [5.74, 6) is -4.47. The molecule has 1 heterocycles. The number of para-hydroxylation sites is 1. The van der Waals surface area contributed by atoms with Crippen LogP contribution in [0, 0.1) is 5.92 Å². The van der Waals surface area contributed by atoms with Crippen LogP contribution in [-0.2, 0) is 30.4 Å². The second-order valence-corrected chi connectivity index (χ2v) is 9.42. The number of hydrogen-bond donors (Lipinski definition) is 7. The topological polar surface area (TPSA) is 204 Å². The van der Waals surface area contributed by atoms with Gasteiger partial charge >= 0.3 is 11.9 Å². The Bertz CT molecular complexity index is 1130. The molecule has 1 aromatic carbocycles. The van der Waals surface area contributed by atoms with Crippen molar-refractivity contribution >= 4 is 40.6 Å². The molecular formula is C25H35N5O7. The van der Waals surface area contributed by atoms with Crippen LogP contribution in [0.1, 0.15) is 45.6 Å². The summed E-state index contributed by atoms with van der Waals surface area (Å²) in [5, 5.41) is 26.4. The molecule has 12 heteroatoms. The predicted octanol–water partition coefficient (Wildman–Crippen LogP) is 0.508. The lowest BCUT2D eigenvalue weighted by molar-refractivity contribution is -0.142. The van der Waals surface area contributed by atoms with Gasteiger partial charge in [-0.1, -0.05) is 32.0 Å². The SMILES string of the molecule is CC(C)CC(N)C(=O)NC(Cc1c[nH]c2ccccc12)C(=O)NC(CCC(=O)O)C(=O)NC(C)C(=O)O. The van der Waals surface area contributed by atoms with Gasteiger partial charge in [-0.2, -0.15) is 0 Å². The summed E-state index contributed by atoms with van der Waals surface area (Å²) < 4.78 is 0. The summed E-state index contributed by atoms with van der Waals surface area (Å²) in [7, 11) is 0. The summed E-state index contributed by atoms with van der Waals surface area (Å²) in [4.78, 5) is 64.2. The molecule has 0 aliphatic carbocycles. The van der Waals surface area contributed by atoms with E-state index in [0.717, 1.165) is 16.5 Å². The first-order valence-corrected chi connectivity index (χ1v) is 12.0. The van der Waals surface area contributed by atoms with Gasteiger partial charge in [0.1, 0.15) is 18.1 Å². The minimum atomic E-state index is -1.34. The Morgan fingerprint density at radius 1 is 0.919 bits per heavy atom. The van der Waals surface area contributed by atoms with Crippen LogP contribution >= 0.6 is 0 Å². The van der Waals surface area contributed by atoms with Crippen LogP contribution < -0.4 is 21.7 Å². The summed E-state index contributed by atoms with van der Waals surface area (Å²) >= 11 is 0. The van der Waals surface area contributed by atoms with E-state index in [1.807, 2.05) is 38.1 Å². The summed E-state index contributed by atoms with van der Waals surface area (Å²) in [5.41, 5.74) is 7.58. The van der Waals surface area contributed by atoms with Crippen molar-refractivity contribution in [3.05, 3.63) is 36.0 Å². The average Bonchev–Trinajstić information content (AvgIpc) is 3.23. The number of carboxylic acid groups (broad SMARTS) is 2. The predicted molar refractivity (Wildman–Crippen MR) is 135 cm³/mol. The van der Waals surface area contributed by atoms with Crippen LogP contribution in [0.15, 0.2) is 30.5 Å². The number of carbonyl (C=O) groups is 5. The highest BCUT2D eigenvalue weighted by atomic mass is 16.4. The molecule has 0 spiro atoms. The third-order valence-electron chi connectivity index (χ3n) is 5.80. The van der Waals surface area contributed by atoms with Gasteiger partial charge in [-0.3, -0.25) is 24.0 Å². The molecule has 4 atom stereocenters. The Hall–Kier alpha value is -3.93. The molecule has 2 rings (SSSR count). The maximum absolute atomic E-state index is 13.3. The molecule has 4 unspecified atom stereocenters. The molecule has 202 valence electrons. The molecule has 37 heavy (non-hydrogen) atoms. The van der Waals surface area contributed by atoms with Crippen molar-refractivity contribution in [3.63, 3.8) is 0 Å². The highest BCUT2D eigenvalue weighted by Crippen LogP contribution is 2.19. The molecule has 0 saturated carbocycles. The summed E-state index contributed by atoms with van der Waals surface area (Å²) in [6.45, 7) is 5.06. The number of fused-ring (bicyclic) bond motifs is 1. The molecule has 12 nitrogen and oxygen atoms in total. The second-order valence-electron chi connectivity index (χ2n) is 9.42. The van der Waals surface area contributed by atoms with Crippen LogP contribution in [-0.4, -0.2) is 69.0 Å². The number of nitrogens with one attached hydrogen (secondary N) is 4. The van der Waals surface area contributed by atoms with E-state index in [1.54, 1.807) is 6.20 Å². The number of aromatic nitrogens is 1. The first-order chi connectivity index (χ1) is 17.4. The van der Waals surface area contributed by atoms with E-state index in [9.17, 15) is 24.0 Å². The molecule has 2 aromatic rings. The standard InChI is InChI=1S/C25H35N5O7/c1-13(2)10-17(26)22(33)30-20(11-15-12-27-18-7-5-4-6-16(15)18)24(35)29-19(8-9-21(31)32)23(34)28-14(3)25(36)37/h4-7,12-14,17,19-20,27H,8-11,26H2,1-3H3,(H,28,34)(H,29,35)(H,30,33)(H,31,32)(H,36,37). The highest BCUT2D eigenvalue weighted by molar-refractivity contribution is 5.95. The van der Waals surface area contributed by atoms with E-state index in [-0.39, 0.29) is 18.8 Å². The lowest BCUT2D eigenvalue weighted by Crippen LogP contribution is -2.57. The number of nitrogens with two attached hydrogens (primary N) is 1. The molecule has 0 saturated heterocycles. The molecule has 0 radical (unpaired) electrons. The van der Waals surface area contributed by atoms with E-state index >= 15 is 0 Å². The third-order valence-corrected chi connectivity index (χ3v) is 5.80. The normalized spacial score (nSPS) is 14.4. The van der Waals surface area contributed by atoms with Crippen molar-refractivity contribution in [2.75, 3.05) is 0 Å². The quantitative estimate of drug-likeness (QED) is 0.188. The Labute approximate surface area is 214 Å². The van der Waals surface area contributed by atoms with Gasteiger partial charge in [-0.05, 0) is 37.3 Å². The number of benzene rings is 1. The second kappa shape index (κ2) is 13.4. The number of hydrogen-bond acceptors (Lipinski definition) is 6. The minimum absolute atomic E-state index is 0.0643. The average molecular weight is 518 g/mol. The smallest absolute Gasteiger partial charge is 0.325 e. The lowest BCUT2D eigenvalue weighted by Gasteiger charge is -2.25. The van der Waals surface area contributed by atoms with E-state index in [4.69, 9.17) is 15.9 Å². The Morgan fingerprint density at radius 2 is 1.54 bits per heavy atom. The van der Waals surface area contributed by atoms with E-state index in [1.165, 1.54) is 6.92 Å². The number of carboxylic acids is 2. The van der Waals surface area contributed by atoms with Gasteiger partial charge in [-0.15, -0.1) is 0 Å². The highest BCUT2D eigenvalue weighted by Gasteiger charge is 2.30. The molecular weight excluding hydrogens is 482 g/mol. The molecule has 0 aliphatic heterocycles. The monoisotopic (exact) mass is 517 g/mol. The van der Waals surface area contributed by atoms with Crippen LogP contribution in [0.4, 0.5) is 0 Å². The zero-order chi connectivity index (χ0) is 27.7. The van der Waals surface area contributed by atoms with E-state index < -0.39 is 60.2 Å². The van der Waals surface area contributed by atoms with Gasteiger partial charge in [0.05, 0.1) is 6.04 Å². The summed E-state index contributed by atoms with van der Waals surface area (Å²) in [6.07, 6.45) is 1.45. The van der Waals surface area contributed by atoms with E-state index in [0.29, 0.717) is 6.42 Å². The van der Waals surface area contributed by atoms with Gasteiger partial charge in [0, 0.05) is 29.9 Å². The van der Waals surface area contributed by atoms with Gasteiger partial charge < -0.3 is 36.9 Å². The maximum atomic E-state index is 13.3. The Balaban J connectivity index is 2.29.